The van der Waals surface area contributed by atoms with Crippen molar-refractivity contribution in [3.8, 4) is 0 Å². The van der Waals surface area contributed by atoms with Crippen molar-refractivity contribution in [1.29, 1.82) is 0 Å². The van der Waals surface area contributed by atoms with Crippen LogP contribution in [-0.2, 0) is 64.5 Å². The fourth-order valence-electron chi connectivity index (χ4n) is 7.65. The number of piperidine rings is 1. The van der Waals surface area contributed by atoms with Crippen LogP contribution in [0.3, 0.4) is 0 Å². The molecule has 55 heavy (non-hydrogen) atoms. The van der Waals surface area contributed by atoms with E-state index in [0.29, 0.717) is 50.9 Å². The third-order valence-corrected chi connectivity index (χ3v) is 10.8. The Hall–Kier alpha value is -1.99. The maximum absolute atomic E-state index is 13.6. The van der Waals surface area contributed by atoms with Crippen LogP contribution in [-0.4, -0.2) is 76.7 Å². The molecule has 3 heterocycles. The quantitative estimate of drug-likeness (QED) is 0.273. The van der Waals surface area contributed by atoms with Crippen molar-refractivity contribution in [2.75, 3.05) is 32.7 Å². The fourth-order valence-corrected chi connectivity index (χ4v) is 7.65. The zero-order valence-corrected chi connectivity index (χ0v) is 33.2. The molecule has 0 aromatic heterocycles. The zero-order valence-electron chi connectivity index (χ0n) is 31.0. The Balaban J connectivity index is 0.000000487. The standard InChI is InChI=1S/C35H37N3O5.2C5H5.2Fe/c1-35(32(41)25-9-2-3-10-25,33(42)26-11-4-5-12-26)18-14-30(39)36-19-15-27(16-20-36)34(43)37-22-29-28-13-7-6-8-24(28)17-21-38(29)31(40)23-37;2*1-2-4-5-3-1;;/h2-13,27,29H,14-23H2,1H3;2*1-5H;;/q;;;2*+2. The minimum Gasteiger partial charge on any atom is -0.343 e. The van der Waals surface area contributed by atoms with Crippen molar-refractivity contribution in [3.63, 3.8) is 0 Å². The van der Waals surface area contributed by atoms with E-state index in [0.717, 1.165) is 12.0 Å². The molecule has 0 bridgehead atoms. The van der Waals surface area contributed by atoms with Gasteiger partial charge in [0.25, 0.3) is 0 Å². The first-order chi connectivity index (χ1) is 25.8. The first-order valence-electron chi connectivity index (χ1n) is 18.6. The van der Waals surface area contributed by atoms with Crippen LogP contribution >= 0.6 is 0 Å². The average molecular weight is 822 g/mol. The summed E-state index contributed by atoms with van der Waals surface area (Å²) in [6, 6.07) is 8.04. The molecule has 0 spiro atoms. The summed E-state index contributed by atoms with van der Waals surface area (Å²) in [4.78, 5) is 72.2. The monoisotopic (exact) mass is 821 g/mol. The molecule has 10 heteroatoms. The van der Waals surface area contributed by atoms with Crippen molar-refractivity contribution >= 4 is 29.3 Å². The molecule has 1 aromatic carbocycles. The maximum atomic E-state index is 13.6. The first-order valence-corrected chi connectivity index (χ1v) is 18.6. The van der Waals surface area contributed by atoms with Gasteiger partial charge in [0.15, 0.2) is 11.6 Å². The molecule has 4 aliphatic carbocycles. The van der Waals surface area contributed by atoms with E-state index in [-0.39, 0.29) is 94.8 Å². The minimum atomic E-state index is -1.36. The van der Waals surface area contributed by atoms with Gasteiger partial charge >= 0.3 is 34.1 Å². The van der Waals surface area contributed by atoms with Crippen LogP contribution in [0, 0.1) is 139 Å². The number of ketones is 2. The number of likely N-dealkylation sites (tertiary alicyclic amines) is 1. The largest absolute Gasteiger partial charge is 2.00 e. The number of piperazine rings is 1. The SMILES string of the molecule is CC(CCC(=O)N1CCC(C(=O)N2CC(=O)N3CCc4ccccc4C3C2)CC1)(C(=O)[C]1[CH][CH][CH][CH]1)C(=O)[C]1[CH][CH][CH][CH]1.[CH]1[CH][CH][CH][CH]1.[CH]1[CH][CH][CH][CH]1.[Fe+2].[Fe+2]. The maximum Gasteiger partial charge on any atom is 2.00 e. The van der Waals surface area contributed by atoms with Gasteiger partial charge in [-0.1, -0.05) is 24.3 Å². The van der Waals surface area contributed by atoms with Crippen LogP contribution in [0.5, 0.6) is 0 Å². The summed E-state index contributed by atoms with van der Waals surface area (Å²) >= 11 is 0. The molecule has 1 aromatic rings. The summed E-state index contributed by atoms with van der Waals surface area (Å²) in [5, 5.41) is 0. The third-order valence-electron chi connectivity index (χ3n) is 10.8. The second-order valence-electron chi connectivity index (χ2n) is 14.2. The first kappa shape index (κ1) is 45.7. The smallest absolute Gasteiger partial charge is 0.343 e. The van der Waals surface area contributed by atoms with Crippen LogP contribution in [0.15, 0.2) is 24.3 Å². The van der Waals surface area contributed by atoms with Gasteiger partial charge in [0, 0.05) is 50.4 Å². The number of Topliss-reactive ketones (excluding diaryl/α,β-unsaturated/α-hetero) is 2. The molecule has 6 fully saturated rings. The molecule has 7 aliphatic rings. The average Bonchev–Trinajstić information content (AvgIpc) is 4.05. The fraction of sp³-hybridized carbons (Fsp3) is 0.311. The predicted molar refractivity (Wildman–Crippen MR) is 202 cm³/mol. The van der Waals surface area contributed by atoms with Crippen molar-refractivity contribution in [3.05, 3.63) is 163 Å². The van der Waals surface area contributed by atoms with Gasteiger partial charge in [-0.15, -0.1) is 0 Å². The summed E-state index contributed by atoms with van der Waals surface area (Å²) in [6.07, 6.45) is 35.9. The van der Waals surface area contributed by atoms with Crippen molar-refractivity contribution in [2.24, 2.45) is 11.3 Å². The van der Waals surface area contributed by atoms with Gasteiger partial charge < -0.3 is 14.7 Å². The number of amides is 3. The van der Waals surface area contributed by atoms with Crippen molar-refractivity contribution < 1.29 is 58.1 Å². The molecule has 0 N–H and O–H groups in total. The molecule has 3 amide bonds. The second-order valence-corrected chi connectivity index (χ2v) is 14.2. The molecule has 284 valence electrons. The zero-order chi connectivity index (χ0) is 37.2. The van der Waals surface area contributed by atoms with Crippen molar-refractivity contribution in [2.45, 2.75) is 45.1 Å². The molecule has 8 rings (SSSR count). The van der Waals surface area contributed by atoms with Crippen molar-refractivity contribution in [1.82, 2.24) is 14.7 Å². The summed E-state index contributed by atoms with van der Waals surface area (Å²) in [5.41, 5.74) is 1.00. The second kappa shape index (κ2) is 22.2. The van der Waals surface area contributed by atoms with Gasteiger partial charge in [-0.2, -0.15) is 0 Å². The third kappa shape index (κ3) is 11.6. The van der Waals surface area contributed by atoms with Gasteiger partial charge in [-0.05, 0) is 159 Å². The molecule has 4 saturated carbocycles. The van der Waals surface area contributed by atoms with Crippen LogP contribution in [0.25, 0.3) is 0 Å². The number of benzene rings is 1. The van der Waals surface area contributed by atoms with Crippen LogP contribution in [0.4, 0.5) is 0 Å². The van der Waals surface area contributed by atoms with E-state index >= 15 is 0 Å². The Morgan fingerprint density at radius 2 is 1.16 bits per heavy atom. The molecule has 1 unspecified atom stereocenters. The van der Waals surface area contributed by atoms with Gasteiger partial charge in [-0.3, -0.25) is 24.0 Å². The van der Waals surface area contributed by atoms with Gasteiger partial charge in [0.2, 0.25) is 17.7 Å². The van der Waals surface area contributed by atoms with E-state index < -0.39 is 5.41 Å². The Morgan fingerprint density at radius 3 is 1.67 bits per heavy atom. The van der Waals surface area contributed by atoms with Crippen LogP contribution in [0.2, 0.25) is 0 Å². The molecule has 2 saturated heterocycles. The van der Waals surface area contributed by atoms with Gasteiger partial charge in [0.05, 0.1) is 18.0 Å². The van der Waals surface area contributed by atoms with E-state index in [9.17, 15) is 24.0 Å². The number of fused-ring (bicyclic) bond motifs is 3. The topological polar surface area (TPSA) is 95.1 Å². The van der Waals surface area contributed by atoms with Crippen LogP contribution in [0.1, 0.15) is 49.8 Å². The molecular weight excluding hydrogens is 774 g/mol. The predicted octanol–water partition coefficient (Wildman–Crippen LogP) is 4.97. The van der Waals surface area contributed by atoms with Gasteiger partial charge in [0.1, 0.15) is 0 Å². The number of carbonyl (C=O) groups is 5. The number of nitrogens with zero attached hydrogens (tertiary/aromatic N) is 3. The Bertz CT molecular complexity index is 1370. The van der Waals surface area contributed by atoms with E-state index in [4.69, 9.17) is 0 Å². The Morgan fingerprint density at radius 1 is 0.673 bits per heavy atom. The molecule has 1 atom stereocenters. The van der Waals surface area contributed by atoms with Gasteiger partial charge in [-0.25, -0.2) is 0 Å². The van der Waals surface area contributed by atoms with E-state index in [1.54, 1.807) is 68.1 Å². The van der Waals surface area contributed by atoms with E-state index in [2.05, 4.69) is 12.1 Å². The number of hydrogen-bond acceptors (Lipinski definition) is 5. The summed E-state index contributed by atoms with van der Waals surface area (Å²) in [5.74, 6) is -0.0307. The van der Waals surface area contributed by atoms with E-state index in [1.165, 1.54) is 5.56 Å². The number of carbonyl (C=O) groups excluding carboxylic acids is 5. The van der Waals surface area contributed by atoms with Crippen LogP contribution < -0.4 is 0 Å². The summed E-state index contributed by atoms with van der Waals surface area (Å²) in [7, 11) is 0. The Labute approximate surface area is 352 Å². The summed E-state index contributed by atoms with van der Waals surface area (Å²) < 4.78 is 0. The normalized spacial score (nSPS) is 23.0. The minimum absolute atomic E-state index is 0. The molecule has 3 aliphatic heterocycles. The molecule has 8 nitrogen and oxygen atoms in total. The molecular formula is C45H47Fe2N3O5+4. The van der Waals surface area contributed by atoms with E-state index in [1.807, 2.05) is 81.2 Å². The Kier molecular flexibility index (Phi) is 18.5. The number of hydrogen-bond donors (Lipinski definition) is 0. The molecule has 20 radical (unpaired) electrons. The number of rotatable bonds is 8. The summed E-state index contributed by atoms with van der Waals surface area (Å²) in [6.45, 7) is 3.78.